The van der Waals surface area contributed by atoms with Crippen LogP contribution in [-0.4, -0.2) is 49.8 Å². The lowest BCUT2D eigenvalue weighted by atomic mass is 9.73. The lowest BCUT2D eigenvalue weighted by Crippen LogP contribution is -2.47. The molecule has 0 aromatic carbocycles. The SMILES string of the molecule is CN1CCC2(CO)CNCC2C1. The second-order valence-corrected chi connectivity index (χ2v) is 4.36. The van der Waals surface area contributed by atoms with Crippen LogP contribution in [-0.2, 0) is 0 Å². The minimum absolute atomic E-state index is 0.215. The smallest absolute Gasteiger partial charge is 0.0503 e. The minimum atomic E-state index is 0.215. The fourth-order valence-electron chi connectivity index (χ4n) is 2.55. The second kappa shape index (κ2) is 2.98. The second-order valence-electron chi connectivity index (χ2n) is 4.36. The molecule has 12 heavy (non-hydrogen) atoms. The number of nitrogens with one attached hydrogen (secondary N) is 1. The lowest BCUT2D eigenvalue weighted by molar-refractivity contribution is 0.0301. The molecule has 2 aliphatic rings. The molecule has 3 nitrogen and oxygen atoms in total. The Kier molecular flexibility index (Phi) is 2.10. The maximum atomic E-state index is 9.38. The largest absolute Gasteiger partial charge is 0.396 e. The van der Waals surface area contributed by atoms with E-state index in [2.05, 4.69) is 17.3 Å². The van der Waals surface area contributed by atoms with E-state index in [1.807, 2.05) is 0 Å². The van der Waals surface area contributed by atoms with Crippen LogP contribution in [0.15, 0.2) is 0 Å². The van der Waals surface area contributed by atoms with E-state index < -0.39 is 0 Å². The zero-order chi connectivity index (χ0) is 8.60. The van der Waals surface area contributed by atoms with Crippen LogP contribution in [0.3, 0.4) is 0 Å². The zero-order valence-electron chi connectivity index (χ0n) is 7.71. The third-order valence-electron chi connectivity index (χ3n) is 3.57. The number of hydrogen-bond donors (Lipinski definition) is 2. The molecule has 2 unspecified atom stereocenters. The first-order valence-corrected chi connectivity index (χ1v) is 4.77. The molecule has 2 N–H and O–H groups in total. The van der Waals surface area contributed by atoms with Gasteiger partial charge in [0, 0.05) is 18.5 Å². The molecular formula is C9H18N2O. The number of hydrogen-bond acceptors (Lipinski definition) is 3. The third kappa shape index (κ3) is 1.16. The fraction of sp³-hybridized carbons (Fsp3) is 1.00. The Morgan fingerprint density at radius 2 is 2.50 bits per heavy atom. The highest BCUT2D eigenvalue weighted by atomic mass is 16.3. The summed E-state index contributed by atoms with van der Waals surface area (Å²) in [5.41, 5.74) is 0.215. The van der Waals surface area contributed by atoms with Crippen LogP contribution in [0.25, 0.3) is 0 Å². The highest BCUT2D eigenvalue weighted by Crippen LogP contribution is 2.38. The normalized spacial score (nSPS) is 43.0. The van der Waals surface area contributed by atoms with Gasteiger partial charge in [-0.2, -0.15) is 0 Å². The molecule has 0 aromatic heterocycles. The Morgan fingerprint density at radius 3 is 3.25 bits per heavy atom. The summed E-state index contributed by atoms with van der Waals surface area (Å²) in [5.74, 6) is 0.668. The number of aliphatic hydroxyl groups excluding tert-OH is 1. The Bertz CT molecular complexity index is 174. The van der Waals surface area contributed by atoms with Gasteiger partial charge in [0.1, 0.15) is 0 Å². The molecule has 2 atom stereocenters. The number of nitrogens with zero attached hydrogens (tertiary/aromatic N) is 1. The Morgan fingerprint density at radius 1 is 1.67 bits per heavy atom. The van der Waals surface area contributed by atoms with Crippen LogP contribution < -0.4 is 5.32 Å². The van der Waals surface area contributed by atoms with Gasteiger partial charge in [0.05, 0.1) is 6.61 Å². The van der Waals surface area contributed by atoms with Crippen molar-refractivity contribution in [1.82, 2.24) is 10.2 Å². The van der Waals surface area contributed by atoms with Crippen molar-refractivity contribution in [3.05, 3.63) is 0 Å². The summed E-state index contributed by atoms with van der Waals surface area (Å²) in [7, 11) is 2.17. The fourth-order valence-corrected chi connectivity index (χ4v) is 2.55. The maximum absolute atomic E-state index is 9.38. The summed E-state index contributed by atoms with van der Waals surface area (Å²) in [4.78, 5) is 2.37. The van der Waals surface area contributed by atoms with Crippen molar-refractivity contribution < 1.29 is 5.11 Å². The van der Waals surface area contributed by atoms with E-state index in [1.165, 1.54) is 0 Å². The Balaban J connectivity index is 2.10. The molecule has 0 saturated carbocycles. The van der Waals surface area contributed by atoms with Crippen LogP contribution in [0, 0.1) is 11.3 Å². The van der Waals surface area contributed by atoms with Crippen LogP contribution >= 0.6 is 0 Å². The summed E-state index contributed by atoms with van der Waals surface area (Å²) in [6.07, 6.45) is 1.15. The zero-order valence-corrected chi connectivity index (χ0v) is 7.71. The number of likely N-dealkylation sites (tertiary alicyclic amines) is 1. The van der Waals surface area contributed by atoms with Crippen LogP contribution in [0.2, 0.25) is 0 Å². The molecule has 2 heterocycles. The average molecular weight is 170 g/mol. The van der Waals surface area contributed by atoms with Crippen molar-refractivity contribution in [3.8, 4) is 0 Å². The molecule has 0 amide bonds. The van der Waals surface area contributed by atoms with E-state index in [0.29, 0.717) is 12.5 Å². The first kappa shape index (κ1) is 8.48. The van der Waals surface area contributed by atoms with Gasteiger partial charge in [0.25, 0.3) is 0 Å². The van der Waals surface area contributed by atoms with E-state index in [4.69, 9.17) is 0 Å². The van der Waals surface area contributed by atoms with Gasteiger partial charge in [-0.25, -0.2) is 0 Å². The first-order valence-electron chi connectivity index (χ1n) is 4.77. The predicted molar refractivity (Wildman–Crippen MR) is 48.0 cm³/mol. The van der Waals surface area contributed by atoms with E-state index in [0.717, 1.165) is 32.6 Å². The van der Waals surface area contributed by atoms with E-state index in [-0.39, 0.29) is 5.41 Å². The molecule has 2 aliphatic heterocycles. The van der Waals surface area contributed by atoms with E-state index in [9.17, 15) is 5.11 Å². The molecule has 0 aliphatic carbocycles. The molecule has 0 aromatic rings. The molecule has 2 fully saturated rings. The van der Waals surface area contributed by atoms with Gasteiger partial charge in [-0.05, 0) is 32.5 Å². The molecule has 0 spiro atoms. The molecule has 2 saturated heterocycles. The van der Waals surface area contributed by atoms with Crippen molar-refractivity contribution in [3.63, 3.8) is 0 Å². The van der Waals surface area contributed by atoms with Crippen molar-refractivity contribution in [2.75, 3.05) is 39.8 Å². The summed E-state index contributed by atoms with van der Waals surface area (Å²) >= 11 is 0. The van der Waals surface area contributed by atoms with Crippen LogP contribution in [0.4, 0.5) is 0 Å². The summed E-state index contributed by atoms with van der Waals surface area (Å²) in [5, 5.41) is 12.8. The van der Waals surface area contributed by atoms with Gasteiger partial charge in [-0.1, -0.05) is 0 Å². The van der Waals surface area contributed by atoms with Crippen LogP contribution in [0.1, 0.15) is 6.42 Å². The molecule has 70 valence electrons. The van der Waals surface area contributed by atoms with Crippen LogP contribution in [0.5, 0.6) is 0 Å². The summed E-state index contributed by atoms with van der Waals surface area (Å²) in [6.45, 7) is 4.75. The van der Waals surface area contributed by atoms with Gasteiger partial charge >= 0.3 is 0 Å². The first-order chi connectivity index (χ1) is 5.77. The molecule has 2 rings (SSSR count). The average Bonchev–Trinajstić information content (AvgIpc) is 2.48. The molecular weight excluding hydrogens is 152 g/mol. The number of fused-ring (bicyclic) bond motifs is 1. The quantitative estimate of drug-likeness (QED) is 0.558. The summed E-state index contributed by atoms with van der Waals surface area (Å²) in [6, 6.07) is 0. The van der Waals surface area contributed by atoms with Crippen molar-refractivity contribution >= 4 is 0 Å². The monoisotopic (exact) mass is 170 g/mol. The molecule has 0 bridgehead atoms. The van der Waals surface area contributed by atoms with Crippen molar-refractivity contribution in [2.24, 2.45) is 11.3 Å². The van der Waals surface area contributed by atoms with Crippen molar-refractivity contribution in [1.29, 1.82) is 0 Å². The highest BCUT2D eigenvalue weighted by Gasteiger charge is 2.44. The van der Waals surface area contributed by atoms with Gasteiger partial charge in [0.2, 0.25) is 0 Å². The maximum Gasteiger partial charge on any atom is 0.0503 e. The number of aliphatic hydroxyl groups is 1. The van der Waals surface area contributed by atoms with E-state index >= 15 is 0 Å². The highest BCUT2D eigenvalue weighted by molar-refractivity contribution is 4.98. The Hall–Kier alpha value is -0.120. The molecule has 3 heteroatoms. The standard InChI is InChI=1S/C9H18N2O/c1-11-3-2-9(7-12)6-10-4-8(9)5-11/h8,10,12H,2-7H2,1H3. The summed E-state index contributed by atoms with van der Waals surface area (Å²) < 4.78 is 0. The van der Waals surface area contributed by atoms with Crippen molar-refractivity contribution in [2.45, 2.75) is 6.42 Å². The predicted octanol–water partition coefficient (Wildman–Crippen LogP) is -0.480. The minimum Gasteiger partial charge on any atom is -0.396 e. The molecule has 0 radical (unpaired) electrons. The Labute approximate surface area is 73.8 Å². The number of rotatable bonds is 1. The van der Waals surface area contributed by atoms with E-state index in [1.54, 1.807) is 0 Å². The third-order valence-corrected chi connectivity index (χ3v) is 3.57. The van der Waals surface area contributed by atoms with Gasteiger partial charge in [-0.3, -0.25) is 0 Å². The van der Waals surface area contributed by atoms with Gasteiger partial charge in [-0.15, -0.1) is 0 Å². The topological polar surface area (TPSA) is 35.5 Å². The lowest BCUT2D eigenvalue weighted by Gasteiger charge is -2.41. The number of piperidine rings is 1. The van der Waals surface area contributed by atoms with Gasteiger partial charge < -0.3 is 15.3 Å². The van der Waals surface area contributed by atoms with Gasteiger partial charge in [0.15, 0.2) is 0 Å².